The Morgan fingerprint density at radius 2 is 1.91 bits per heavy atom. The Balaban J connectivity index is 1.62. The number of pyridine rings is 1. The number of aromatic nitrogens is 5. The third-order valence-electron chi connectivity index (χ3n) is 5.87. The number of rotatable bonds is 6. The molecular weight excluding hydrogens is 404 g/mol. The molecule has 8 heteroatoms. The number of aryl methyl sites for hydroxylation is 2. The zero-order valence-electron chi connectivity index (χ0n) is 18.8. The van der Waals surface area contributed by atoms with Crippen LogP contribution in [0.3, 0.4) is 0 Å². The molecule has 0 spiro atoms. The van der Waals surface area contributed by atoms with Gasteiger partial charge in [-0.25, -0.2) is 14.6 Å². The van der Waals surface area contributed by atoms with E-state index in [4.69, 9.17) is 24.5 Å². The largest absolute Gasteiger partial charge is 0.383 e. The van der Waals surface area contributed by atoms with Gasteiger partial charge in [-0.05, 0) is 26.0 Å². The molecule has 0 amide bonds. The molecule has 1 saturated heterocycles. The highest BCUT2D eigenvalue weighted by atomic mass is 16.5. The third-order valence-corrected chi connectivity index (χ3v) is 5.87. The number of anilines is 1. The lowest BCUT2D eigenvalue weighted by atomic mass is 10.1. The number of hydrogen-bond donors (Lipinski definition) is 0. The Hall–Kier alpha value is -3.23. The fourth-order valence-electron chi connectivity index (χ4n) is 4.19. The van der Waals surface area contributed by atoms with Gasteiger partial charge in [0.1, 0.15) is 11.3 Å². The predicted molar refractivity (Wildman–Crippen MR) is 124 cm³/mol. The summed E-state index contributed by atoms with van der Waals surface area (Å²) < 4.78 is 14.9. The normalized spacial score (nSPS) is 14.4. The summed E-state index contributed by atoms with van der Waals surface area (Å²) in [6, 6.07) is 12.5. The van der Waals surface area contributed by atoms with Crippen LogP contribution in [0.2, 0.25) is 0 Å². The SMILES string of the molecule is COCCn1c(C)nc2c(N3CCOCC3)cc(-n3ccc(-c4cccc(C)c4)n3)nc21. The first-order valence-corrected chi connectivity index (χ1v) is 11.0. The van der Waals surface area contributed by atoms with Gasteiger partial charge in [0.05, 0.1) is 31.2 Å². The first kappa shape index (κ1) is 20.7. The second-order valence-corrected chi connectivity index (χ2v) is 8.09. The van der Waals surface area contributed by atoms with Gasteiger partial charge in [0, 0.05) is 44.6 Å². The molecule has 32 heavy (non-hydrogen) atoms. The van der Waals surface area contributed by atoms with Crippen molar-refractivity contribution in [3.63, 3.8) is 0 Å². The zero-order chi connectivity index (χ0) is 22.1. The predicted octanol–water partition coefficient (Wildman–Crippen LogP) is 3.38. The van der Waals surface area contributed by atoms with E-state index in [0.29, 0.717) is 26.4 Å². The summed E-state index contributed by atoms with van der Waals surface area (Å²) in [5.74, 6) is 1.70. The van der Waals surface area contributed by atoms with Gasteiger partial charge in [0.25, 0.3) is 0 Å². The molecule has 1 aromatic carbocycles. The number of fused-ring (bicyclic) bond motifs is 1. The van der Waals surface area contributed by atoms with Crippen LogP contribution in [0.25, 0.3) is 28.2 Å². The third kappa shape index (κ3) is 3.87. The molecule has 0 aliphatic carbocycles. The molecule has 0 unspecified atom stereocenters. The van der Waals surface area contributed by atoms with Crippen LogP contribution in [0, 0.1) is 13.8 Å². The van der Waals surface area contributed by atoms with Crippen molar-refractivity contribution in [1.82, 2.24) is 24.3 Å². The summed E-state index contributed by atoms with van der Waals surface area (Å²) in [4.78, 5) is 12.2. The average molecular weight is 433 g/mol. The smallest absolute Gasteiger partial charge is 0.164 e. The van der Waals surface area contributed by atoms with E-state index in [1.165, 1.54) is 5.56 Å². The lowest BCUT2D eigenvalue weighted by Gasteiger charge is -2.29. The Morgan fingerprint density at radius 1 is 1.06 bits per heavy atom. The zero-order valence-corrected chi connectivity index (χ0v) is 18.8. The van der Waals surface area contributed by atoms with Crippen molar-refractivity contribution in [1.29, 1.82) is 0 Å². The standard InChI is InChI=1S/C24H28N6O2/c1-17-5-4-6-19(15-17)20-7-8-30(27-20)22-16-21(28-9-13-32-14-10-28)23-24(26-22)29(11-12-31-3)18(2)25-23/h4-8,15-16H,9-14H2,1-3H3. The van der Waals surface area contributed by atoms with Crippen LogP contribution < -0.4 is 4.90 Å². The van der Waals surface area contributed by atoms with Crippen LogP contribution in [-0.4, -0.2) is 64.3 Å². The van der Waals surface area contributed by atoms with Gasteiger partial charge in [0.15, 0.2) is 11.5 Å². The van der Waals surface area contributed by atoms with Gasteiger partial charge in [-0.15, -0.1) is 0 Å². The van der Waals surface area contributed by atoms with E-state index < -0.39 is 0 Å². The van der Waals surface area contributed by atoms with Crippen molar-refractivity contribution >= 4 is 16.9 Å². The van der Waals surface area contributed by atoms with E-state index in [0.717, 1.165) is 52.8 Å². The van der Waals surface area contributed by atoms with E-state index >= 15 is 0 Å². The van der Waals surface area contributed by atoms with Crippen LogP contribution in [-0.2, 0) is 16.0 Å². The number of nitrogens with zero attached hydrogens (tertiary/aromatic N) is 6. The molecule has 4 aromatic rings. The minimum absolute atomic E-state index is 0.602. The molecule has 0 N–H and O–H groups in total. The van der Waals surface area contributed by atoms with Gasteiger partial charge in [-0.1, -0.05) is 23.8 Å². The maximum absolute atomic E-state index is 5.58. The molecule has 5 rings (SSSR count). The molecule has 166 valence electrons. The molecule has 0 radical (unpaired) electrons. The van der Waals surface area contributed by atoms with Crippen molar-refractivity contribution in [3.05, 3.63) is 54.0 Å². The van der Waals surface area contributed by atoms with Crippen molar-refractivity contribution in [3.8, 4) is 17.1 Å². The number of imidazole rings is 1. The number of hydrogen-bond acceptors (Lipinski definition) is 6. The maximum atomic E-state index is 5.58. The fourth-order valence-corrected chi connectivity index (χ4v) is 4.19. The molecule has 3 aromatic heterocycles. The van der Waals surface area contributed by atoms with Crippen LogP contribution in [0.5, 0.6) is 0 Å². The van der Waals surface area contributed by atoms with Crippen molar-refractivity contribution in [2.75, 3.05) is 44.9 Å². The highest BCUT2D eigenvalue weighted by molar-refractivity contribution is 5.88. The molecular formula is C24H28N6O2. The van der Waals surface area contributed by atoms with Gasteiger partial charge < -0.3 is 18.9 Å². The number of benzene rings is 1. The summed E-state index contributed by atoms with van der Waals surface area (Å²) in [5, 5.41) is 4.84. The Bertz CT molecular complexity index is 1240. The van der Waals surface area contributed by atoms with Gasteiger partial charge in [-0.3, -0.25) is 0 Å². The van der Waals surface area contributed by atoms with Crippen LogP contribution >= 0.6 is 0 Å². The van der Waals surface area contributed by atoms with Crippen molar-refractivity contribution < 1.29 is 9.47 Å². The summed E-state index contributed by atoms with van der Waals surface area (Å²) in [6.45, 7) is 8.49. The number of ether oxygens (including phenoxy) is 2. The van der Waals surface area contributed by atoms with E-state index in [-0.39, 0.29) is 0 Å². The Kier molecular flexibility index (Phi) is 5.63. The molecule has 1 aliphatic heterocycles. The van der Waals surface area contributed by atoms with Crippen LogP contribution in [0.15, 0.2) is 42.6 Å². The minimum Gasteiger partial charge on any atom is -0.383 e. The molecule has 8 nitrogen and oxygen atoms in total. The lowest BCUT2D eigenvalue weighted by Crippen LogP contribution is -2.36. The summed E-state index contributed by atoms with van der Waals surface area (Å²) in [5.41, 5.74) is 6.07. The van der Waals surface area contributed by atoms with E-state index in [1.807, 2.05) is 23.9 Å². The highest BCUT2D eigenvalue weighted by Gasteiger charge is 2.21. The van der Waals surface area contributed by atoms with Gasteiger partial charge in [-0.2, -0.15) is 5.10 Å². The summed E-state index contributed by atoms with van der Waals surface area (Å²) >= 11 is 0. The van der Waals surface area contributed by atoms with Gasteiger partial charge >= 0.3 is 0 Å². The maximum Gasteiger partial charge on any atom is 0.164 e. The molecule has 0 saturated carbocycles. The Morgan fingerprint density at radius 3 is 2.69 bits per heavy atom. The van der Waals surface area contributed by atoms with E-state index in [9.17, 15) is 0 Å². The van der Waals surface area contributed by atoms with E-state index in [2.05, 4.69) is 46.7 Å². The topological polar surface area (TPSA) is 70.2 Å². The van der Waals surface area contributed by atoms with Crippen molar-refractivity contribution in [2.24, 2.45) is 0 Å². The summed E-state index contributed by atoms with van der Waals surface area (Å²) in [6.07, 6.45) is 1.97. The number of morpholine rings is 1. The second kappa shape index (κ2) is 8.72. The average Bonchev–Trinajstić information content (AvgIpc) is 3.42. The minimum atomic E-state index is 0.602. The number of methoxy groups -OCH3 is 1. The van der Waals surface area contributed by atoms with Gasteiger partial charge in [0.2, 0.25) is 0 Å². The van der Waals surface area contributed by atoms with Crippen LogP contribution in [0.1, 0.15) is 11.4 Å². The van der Waals surface area contributed by atoms with Crippen LogP contribution in [0.4, 0.5) is 5.69 Å². The molecule has 0 atom stereocenters. The van der Waals surface area contributed by atoms with Crippen molar-refractivity contribution in [2.45, 2.75) is 20.4 Å². The quantitative estimate of drug-likeness (QED) is 0.465. The highest BCUT2D eigenvalue weighted by Crippen LogP contribution is 2.30. The van der Waals surface area contributed by atoms with E-state index in [1.54, 1.807) is 7.11 Å². The monoisotopic (exact) mass is 432 g/mol. The summed E-state index contributed by atoms with van der Waals surface area (Å²) in [7, 11) is 1.71. The first-order valence-electron chi connectivity index (χ1n) is 11.0. The molecule has 1 aliphatic rings. The lowest BCUT2D eigenvalue weighted by molar-refractivity contribution is 0.123. The second-order valence-electron chi connectivity index (χ2n) is 8.09. The molecule has 4 heterocycles. The first-order chi connectivity index (χ1) is 15.6. The Labute approximate surface area is 187 Å². The molecule has 0 bridgehead atoms. The molecule has 1 fully saturated rings. The fraction of sp³-hybridized carbons (Fsp3) is 0.375.